The van der Waals surface area contributed by atoms with Crippen LogP contribution in [0.4, 0.5) is 4.79 Å². The lowest BCUT2D eigenvalue weighted by Crippen LogP contribution is -2.56. The molecular formula is C12H18N2O4. The fourth-order valence-corrected chi connectivity index (χ4v) is 3.09. The lowest BCUT2D eigenvalue weighted by atomic mass is 9.89. The number of urea groups is 1. The van der Waals surface area contributed by atoms with E-state index >= 15 is 0 Å². The van der Waals surface area contributed by atoms with Gasteiger partial charge in [-0.05, 0) is 19.3 Å². The maximum Gasteiger partial charge on any atom is 0.317 e. The van der Waals surface area contributed by atoms with Gasteiger partial charge >= 0.3 is 12.0 Å². The molecule has 3 atom stereocenters. The molecule has 0 aromatic rings. The molecule has 6 heteroatoms. The Balaban J connectivity index is 1.39. The first-order valence-electron chi connectivity index (χ1n) is 6.54. The van der Waals surface area contributed by atoms with Crippen LogP contribution in [0.3, 0.4) is 0 Å². The zero-order valence-electron chi connectivity index (χ0n) is 10.2. The summed E-state index contributed by atoms with van der Waals surface area (Å²) in [5, 5.41) is 11.6. The number of ether oxygens (including phenoxy) is 1. The van der Waals surface area contributed by atoms with E-state index in [1.165, 1.54) is 0 Å². The van der Waals surface area contributed by atoms with E-state index in [9.17, 15) is 9.59 Å². The molecule has 0 aliphatic carbocycles. The van der Waals surface area contributed by atoms with Crippen LogP contribution >= 0.6 is 0 Å². The molecule has 0 saturated carbocycles. The van der Waals surface area contributed by atoms with Crippen molar-refractivity contribution in [3.8, 4) is 0 Å². The first-order valence-corrected chi connectivity index (χ1v) is 6.54. The molecular weight excluding hydrogens is 236 g/mol. The summed E-state index contributed by atoms with van der Waals surface area (Å²) < 4.78 is 5.72. The normalized spacial score (nSPS) is 34.4. The van der Waals surface area contributed by atoms with Crippen molar-refractivity contribution in [3.63, 3.8) is 0 Å². The molecule has 0 radical (unpaired) electrons. The Bertz CT molecular complexity index is 367. The maximum absolute atomic E-state index is 11.7. The minimum atomic E-state index is -0.819. The van der Waals surface area contributed by atoms with Gasteiger partial charge in [-0.2, -0.15) is 0 Å². The van der Waals surface area contributed by atoms with Crippen LogP contribution in [0.5, 0.6) is 0 Å². The molecule has 2 bridgehead atoms. The average molecular weight is 254 g/mol. The molecule has 3 heterocycles. The Labute approximate surface area is 105 Å². The van der Waals surface area contributed by atoms with Gasteiger partial charge in [-0.15, -0.1) is 0 Å². The van der Waals surface area contributed by atoms with Crippen LogP contribution in [0.15, 0.2) is 0 Å². The summed E-state index contributed by atoms with van der Waals surface area (Å²) in [4.78, 5) is 23.9. The highest BCUT2D eigenvalue weighted by molar-refractivity contribution is 5.79. The number of carbonyl (C=O) groups is 2. The van der Waals surface area contributed by atoms with Crippen molar-refractivity contribution in [3.05, 3.63) is 0 Å². The van der Waals surface area contributed by atoms with Gasteiger partial charge in [0.1, 0.15) is 0 Å². The van der Waals surface area contributed by atoms with Gasteiger partial charge < -0.3 is 20.1 Å². The molecule has 2 amide bonds. The van der Waals surface area contributed by atoms with Crippen molar-refractivity contribution in [2.45, 2.75) is 31.5 Å². The Morgan fingerprint density at radius 1 is 1.33 bits per heavy atom. The van der Waals surface area contributed by atoms with Crippen LogP contribution in [0.1, 0.15) is 19.3 Å². The van der Waals surface area contributed by atoms with Gasteiger partial charge in [0.15, 0.2) is 0 Å². The largest absolute Gasteiger partial charge is 0.481 e. The fraction of sp³-hybridized carbons (Fsp3) is 0.833. The molecule has 3 unspecified atom stereocenters. The molecule has 100 valence electrons. The molecule has 0 spiro atoms. The zero-order valence-corrected chi connectivity index (χ0v) is 10.2. The van der Waals surface area contributed by atoms with Crippen molar-refractivity contribution in [1.29, 1.82) is 0 Å². The minimum Gasteiger partial charge on any atom is -0.481 e. The molecule has 2 N–H and O–H groups in total. The standard InChI is InChI=1S/C12H18N2O4/c15-11(16)8-5-14(6-8)12(17)13-4-7-3-9-1-2-10(7)18-9/h7-10H,1-6H2,(H,13,17)(H,15,16). The minimum absolute atomic E-state index is 0.143. The number of fused-ring (bicyclic) bond motifs is 2. The third kappa shape index (κ3) is 2.05. The summed E-state index contributed by atoms with van der Waals surface area (Å²) in [6, 6.07) is -0.143. The van der Waals surface area contributed by atoms with E-state index in [-0.39, 0.29) is 11.9 Å². The maximum atomic E-state index is 11.7. The van der Waals surface area contributed by atoms with E-state index in [1.54, 1.807) is 4.90 Å². The highest BCUT2D eigenvalue weighted by atomic mass is 16.5. The first-order chi connectivity index (χ1) is 8.63. The number of nitrogens with one attached hydrogen (secondary N) is 1. The van der Waals surface area contributed by atoms with E-state index in [2.05, 4.69) is 5.32 Å². The second kappa shape index (κ2) is 4.42. The molecule has 3 aliphatic heterocycles. The van der Waals surface area contributed by atoms with Crippen LogP contribution in [0, 0.1) is 11.8 Å². The summed E-state index contributed by atoms with van der Waals surface area (Å²) >= 11 is 0. The van der Waals surface area contributed by atoms with Crippen LogP contribution in [-0.2, 0) is 9.53 Å². The topological polar surface area (TPSA) is 78.9 Å². The third-order valence-electron chi connectivity index (χ3n) is 4.27. The van der Waals surface area contributed by atoms with Gasteiger partial charge in [0.25, 0.3) is 0 Å². The van der Waals surface area contributed by atoms with Crippen LogP contribution < -0.4 is 5.32 Å². The van der Waals surface area contributed by atoms with Crippen LogP contribution in [0.2, 0.25) is 0 Å². The number of hydrogen-bond acceptors (Lipinski definition) is 3. The number of carbonyl (C=O) groups excluding carboxylic acids is 1. The number of likely N-dealkylation sites (tertiary alicyclic amines) is 1. The van der Waals surface area contributed by atoms with Gasteiger partial charge in [-0.3, -0.25) is 4.79 Å². The Morgan fingerprint density at radius 3 is 2.67 bits per heavy atom. The summed E-state index contributed by atoms with van der Waals surface area (Å²) in [7, 11) is 0. The Kier molecular flexibility index (Phi) is 2.89. The van der Waals surface area contributed by atoms with Gasteiger partial charge in [0.05, 0.1) is 18.1 Å². The SMILES string of the molecule is O=C(O)C1CN(C(=O)NCC2CC3CCC2O3)C1. The predicted molar refractivity (Wildman–Crippen MR) is 62.1 cm³/mol. The summed E-state index contributed by atoms with van der Waals surface area (Å²) in [5.74, 6) is -0.772. The lowest BCUT2D eigenvalue weighted by molar-refractivity contribution is -0.146. The van der Waals surface area contributed by atoms with Gasteiger partial charge in [0, 0.05) is 25.6 Å². The smallest absolute Gasteiger partial charge is 0.317 e. The second-order valence-electron chi connectivity index (χ2n) is 5.50. The zero-order chi connectivity index (χ0) is 12.7. The number of hydrogen-bond donors (Lipinski definition) is 2. The lowest BCUT2D eigenvalue weighted by Gasteiger charge is -2.36. The van der Waals surface area contributed by atoms with E-state index < -0.39 is 5.97 Å². The van der Waals surface area contributed by atoms with E-state index in [1.807, 2.05) is 0 Å². The highest BCUT2D eigenvalue weighted by Crippen LogP contribution is 2.38. The fourth-order valence-electron chi connectivity index (χ4n) is 3.09. The number of amides is 2. The number of carboxylic acid groups (broad SMARTS) is 1. The summed E-state index contributed by atoms with van der Waals surface area (Å²) in [6.45, 7) is 1.30. The number of aliphatic carboxylic acids is 1. The van der Waals surface area contributed by atoms with E-state index in [0.29, 0.717) is 37.8 Å². The second-order valence-corrected chi connectivity index (χ2v) is 5.50. The molecule has 18 heavy (non-hydrogen) atoms. The third-order valence-corrected chi connectivity index (χ3v) is 4.27. The molecule has 3 aliphatic rings. The Hall–Kier alpha value is -1.30. The van der Waals surface area contributed by atoms with E-state index in [4.69, 9.17) is 9.84 Å². The quantitative estimate of drug-likeness (QED) is 0.758. The Morgan fingerprint density at radius 2 is 2.11 bits per heavy atom. The molecule has 3 rings (SSSR count). The van der Waals surface area contributed by atoms with Crippen molar-refractivity contribution < 1.29 is 19.4 Å². The van der Waals surface area contributed by atoms with Crippen LogP contribution in [-0.4, -0.2) is 53.8 Å². The van der Waals surface area contributed by atoms with Gasteiger partial charge in [0.2, 0.25) is 0 Å². The predicted octanol–water partition coefficient (Wildman–Crippen LogP) is 0.280. The van der Waals surface area contributed by atoms with E-state index in [0.717, 1.165) is 19.3 Å². The van der Waals surface area contributed by atoms with Crippen molar-refractivity contribution in [2.75, 3.05) is 19.6 Å². The summed E-state index contributed by atoms with van der Waals surface area (Å²) in [5.41, 5.74) is 0. The van der Waals surface area contributed by atoms with Crippen molar-refractivity contribution in [2.24, 2.45) is 11.8 Å². The number of rotatable bonds is 3. The molecule has 0 aromatic heterocycles. The molecule has 3 saturated heterocycles. The molecule has 3 fully saturated rings. The highest BCUT2D eigenvalue weighted by Gasteiger charge is 2.41. The summed E-state index contributed by atoms with van der Waals surface area (Å²) in [6.07, 6.45) is 4.02. The van der Waals surface area contributed by atoms with Gasteiger partial charge in [-0.25, -0.2) is 4.79 Å². The van der Waals surface area contributed by atoms with Crippen LogP contribution in [0.25, 0.3) is 0 Å². The monoisotopic (exact) mass is 254 g/mol. The molecule has 6 nitrogen and oxygen atoms in total. The van der Waals surface area contributed by atoms with Crippen molar-refractivity contribution in [1.82, 2.24) is 10.2 Å². The average Bonchev–Trinajstić information content (AvgIpc) is 2.85. The number of nitrogens with zero attached hydrogens (tertiary/aromatic N) is 1. The number of carboxylic acids is 1. The van der Waals surface area contributed by atoms with Gasteiger partial charge in [-0.1, -0.05) is 0 Å². The molecule has 0 aromatic carbocycles. The van der Waals surface area contributed by atoms with Crippen molar-refractivity contribution >= 4 is 12.0 Å². The first kappa shape index (κ1) is 11.8.